The number of ether oxygens (including phenoxy) is 1. The Kier molecular flexibility index (Phi) is 10.5. The number of imidazole rings is 1. The summed E-state index contributed by atoms with van der Waals surface area (Å²) < 4.78 is 49.7. The van der Waals surface area contributed by atoms with Gasteiger partial charge >= 0.3 is 0 Å². The first-order valence-corrected chi connectivity index (χ1v) is 23.5. The van der Waals surface area contributed by atoms with Gasteiger partial charge in [0, 0.05) is 42.3 Å². The molecule has 13 heteroatoms. The molecule has 0 aliphatic rings. The molecule has 0 spiro atoms. The Hall–Kier alpha value is -3.51. The zero-order valence-electron chi connectivity index (χ0n) is 29.2. The largest absolute Gasteiger partial charge is 0.361 e. The van der Waals surface area contributed by atoms with E-state index in [0.29, 0.717) is 45.5 Å². The lowest BCUT2D eigenvalue weighted by Gasteiger charge is -2.23. The van der Waals surface area contributed by atoms with Gasteiger partial charge in [-0.15, -0.1) is 11.8 Å². The Bertz CT molecular complexity index is 2260. The number of nitrogens with zero attached hydrogens (tertiary/aromatic N) is 4. The van der Waals surface area contributed by atoms with Crippen molar-refractivity contribution < 1.29 is 17.4 Å². The van der Waals surface area contributed by atoms with Crippen molar-refractivity contribution in [1.82, 2.24) is 13.5 Å². The number of rotatable bonds is 12. The molecule has 2 heterocycles. The van der Waals surface area contributed by atoms with E-state index < -0.39 is 33.8 Å². The summed E-state index contributed by atoms with van der Waals surface area (Å²) in [6.07, 6.45) is 5.42. The van der Waals surface area contributed by atoms with Crippen LogP contribution in [0, 0.1) is 25.2 Å². The molecule has 1 atom stereocenters. The van der Waals surface area contributed by atoms with Crippen molar-refractivity contribution in [3.8, 4) is 6.07 Å². The highest BCUT2D eigenvalue weighted by atomic mass is 32.2. The highest BCUT2D eigenvalue weighted by Gasteiger charge is 2.30. The molecule has 0 aliphatic heterocycles. The van der Waals surface area contributed by atoms with Crippen molar-refractivity contribution in [2.24, 2.45) is 5.14 Å². The molecular formula is C36H43N5O4S3Si. The number of benzene rings is 3. The fraction of sp³-hybridized carbons (Fsp3) is 0.333. The second-order valence-electron chi connectivity index (χ2n) is 13.9. The first-order chi connectivity index (χ1) is 23.0. The van der Waals surface area contributed by atoms with Gasteiger partial charge in [-0.3, -0.25) is 9.71 Å². The zero-order chi connectivity index (χ0) is 35.9. The van der Waals surface area contributed by atoms with E-state index in [9.17, 15) is 17.9 Å². The summed E-state index contributed by atoms with van der Waals surface area (Å²) in [5.74, 6) is 0.534. The first-order valence-electron chi connectivity index (χ1n) is 15.9. The highest BCUT2D eigenvalue weighted by molar-refractivity contribution is 7.98. The van der Waals surface area contributed by atoms with E-state index in [4.69, 9.17) is 14.9 Å². The molecule has 49 heavy (non-hydrogen) atoms. The van der Waals surface area contributed by atoms with E-state index in [1.54, 1.807) is 56.4 Å². The lowest BCUT2D eigenvalue weighted by atomic mass is 9.95. The number of thioether (sulfide) groups is 1. The van der Waals surface area contributed by atoms with E-state index in [0.717, 1.165) is 27.6 Å². The van der Waals surface area contributed by atoms with Crippen LogP contribution in [0.5, 0.6) is 0 Å². The molecule has 0 saturated carbocycles. The summed E-state index contributed by atoms with van der Waals surface area (Å²) in [5.41, 5.74) is 5.51. The summed E-state index contributed by atoms with van der Waals surface area (Å²) in [6.45, 7) is 15.0. The quantitative estimate of drug-likeness (QED) is 0.0794. The third kappa shape index (κ3) is 7.50. The van der Waals surface area contributed by atoms with Crippen LogP contribution in [0.4, 0.5) is 0 Å². The van der Waals surface area contributed by atoms with Gasteiger partial charge in [0.25, 0.3) is 10.0 Å². The average Bonchev–Trinajstić information content (AvgIpc) is 3.64. The van der Waals surface area contributed by atoms with Gasteiger partial charge < -0.3 is 4.74 Å². The van der Waals surface area contributed by atoms with Crippen LogP contribution in [0.15, 0.2) is 76.7 Å². The van der Waals surface area contributed by atoms with Gasteiger partial charge in [-0.1, -0.05) is 43.4 Å². The van der Waals surface area contributed by atoms with Crippen molar-refractivity contribution in [2.45, 2.75) is 74.6 Å². The van der Waals surface area contributed by atoms with E-state index >= 15 is 0 Å². The number of fused-ring (bicyclic) bond motifs is 2. The van der Waals surface area contributed by atoms with Crippen LogP contribution < -0.4 is 5.14 Å². The van der Waals surface area contributed by atoms with E-state index in [1.807, 2.05) is 48.9 Å². The van der Waals surface area contributed by atoms with Gasteiger partial charge in [0.1, 0.15) is 12.6 Å². The van der Waals surface area contributed by atoms with Crippen LogP contribution in [0.3, 0.4) is 0 Å². The van der Waals surface area contributed by atoms with Crippen LogP contribution in [0.2, 0.25) is 25.7 Å². The summed E-state index contributed by atoms with van der Waals surface area (Å²) in [7, 11) is -7.09. The number of hydrogen-bond donors (Lipinski definition) is 1. The monoisotopic (exact) mass is 733 g/mol. The number of nitrogens with two attached hydrogens (primary N) is 1. The standard InChI is InChI=1S/C36H43N5O4S3Si/c1-24-9-12-27(13-10-24)48(43,44)41-16-15-28-33(32(46-5)19-25(2)34(28)41)29(21-36(3,4)47(38)42)35-39-30-14-11-26(22-37)20-31(30)40(35)23-45-17-18-49(6,7)8/h9-16,19-21H,17-18,23,38H2,1-8H3. The maximum Gasteiger partial charge on any atom is 0.268 e. The van der Waals surface area contributed by atoms with Gasteiger partial charge in [-0.2, -0.15) is 5.26 Å². The van der Waals surface area contributed by atoms with Crippen molar-refractivity contribution in [3.05, 3.63) is 94.9 Å². The SMILES string of the molecule is CSc1cc(C)c2c(ccn2S(=O)(=O)c2ccc(C)cc2)c1C(=CC(C)(C)S(N)=O)c1nc2ccc(C#N)cc2n1COCC[Si](C)(C)C. The van der Waals surface area contributed by atoms with Gasteiger partial charge in [0.2, 0.25) is 0 Å². The maximum atomic E-state index is 14.1. The highest BCUT2D eigenvalue weighted by Crippen LogP contribution is 2.42. The molecule has 0 amide bonds. The molecule has 5 rings (SSSR count). The van der Waals surface area contributed by atoms with E-state index in [-0.39, 0.29) is 11.6 Å². The molecule has 0 aliphatic carbocycles. The predicted molar refractivity (Wildman–Crippen MR) is 204 cm³/mol. The Balaban J connectivity index is 1.83. The summed E-state index contributed by atoms with van der Waals surface area (Å²) in [5, 5.41) is 16.5. The minimum absolute atomic E-state index is 0.168. The van der Waals surface area contributed by atoms with Crippen LogP contribution in [0.1, 0.15) is 41.9 Å². The predicted octanol–water partition coefficient (Wildman–Crippen LogP) is 7.58. The topological polar surface area (TPSA) is 133 Å². The minimum Gasteiger partial charge on any atom is -0.361 e. The molecule has 1 unspecified atom stereocenters. The van der Waals surface area contributed by atoms with E-state index in [2.05, 4.69) is 25.7 Å². The van der Waals surface area contributed by atoms with Crippen LogP contribution in [-0.4, -0.2) is 51.8 Å². The molecule has 9 nitrogen and oxygen atoms in total. The van der Waals surface area contributed by atoms with Crippen molar-refractivity contribution in [3.63, 3.8) is 0 Å². The van der Waals surface area contributed by atoms with Crippen LogP contribution in [0.25, 0.3) is 27.5 Å². The van der Waals surface area contributed by atoms with Crippen molar-refractivity contribution in [2.75, 3.05) is 12.9 Å². The molecule has 0 bridgehead atoms. The number of aromatic nitrogens is 3. The van der Waals surface area contributed by atoms with E-state index in [1.165, 1.54) is 15.7 Å². The molecule has 0 radical (unpaired) electrons. The van der Waals surface area contributed by atoms with Crippen molar-refractivity contribution >= 4 is 68.4 Å². The average molecular weight is 734 g/mol. The lowest BCUT2D eigenvalue weighted by molar-refractivity contribution is 0.0893. The van der Waals surface area contributed by atoms with Gasteiger partial charge in [-0.05, 0) is 88.0 Å². The maximum absolute atomic E-state index is 14.1. The molecule has 258 valence electrons. The second kappa shape index (κ2) is 14.0. The van der Waals surface area contributed by atoms with Crippen LogP contribution in [-0.2, 0) is 32.5 Å². The Morgan fingerprint density at radius 1 is 1.12 bits per heavy atom. The molecule has 2 aromatic heterocycles. The smallest absolute Gasteiger partial charge is 0.268 e. The molecule has 0 fully saturated rings. The normalized spacial score (nSPS) is 13.7. The second-order valence-corrected chi connectivity index (χ2v) is 23.9. The number of aryl methyl sites for hydroxylation is 2. The first kappa shape index (κ1) is 36.8. The summed E-state index contributed by atoms with van der Waals surface area (Å²) in [4.78, 5) is 6.16. The molecular weight excluding hydrogens is 691 g/mol. The molecule has 5 aromatic rings. The Morgan fingerprint density at radius 3 is 2.43 bits per heavy atom. The fourth-order valence-corrected chi connectivity index (χ4v) is 8.77. The minimum atomic E-state index is -3.95. The van der Waals surface area contributed by atoms with Crippen LogP contribution >= 0.6 is 11.8 Å². The van der Waals surface area contributed by atoms with Crippen molar-refractivity contribution in [1.29, 1.82) is 5.26 Å². The third-order valence-electron chi connectivity index (χ3n) is 8.50. The van der Waals surface area contributed by atoms with Gasteiger partial charge in [0.15, 0.2) is 0 Å². The summed E-state index contributed by atoms with van der Waals surface area (Å²) >= 11 is 1.53. The number of hydrogen-bond acceptors (Lipinski definition) is 7. The fourth-order valence-electron chi connectivity index (χ4n) is 5.65. The molecule has 3 aromatic carbocycles. The Labute approximate surface area is 296 Å². The van der Waals surface area contributed by atoms with Gasteiger partial charge in [0.05, 0.1) is 48.8 Å². The Morgan fingerprint density at radius 2 is 1.82 bits per heavy atom. The number of nitriles is 1. The molecule has 2 N–H and O–H groups in total. The zero-order valence-corrected chi connectivity index (χ0v) is 32.6. The third-order valence-corrected chi connectivity index (χ3v) is 13.8. The summed E-state index contributed by atoms with van der Waals surface area (Å²) in [6, 6.07) is 19.1. The lowest BCUT2D eigenvalue weighted by Crippen LogP contribution is -2.30. The molecule has 0 saturated heterocycles. The van der Waals surface area contributed by atoms with Gasteiger partial charge in [-0.25, -0.2) is 21.6 Å².